The molecular weight excluding hydrogens is 192 g/mol. The summed E-state index contributed by atoms with van der Waals surface area (Å²) < 4.78 is 0.796. The Morgan fingerprint density at radius 1 is 1.75 bits per heavy atom. The molecule has 2 atom stereocenters. The van der Waals surface area contributed by atoms with Crippen LogP contribution in [-0.4, -0.2) is 17.6 Å². The van der Waals surface area contributed by atoms with Gasteiger partial charge in [-0.05, 0) is 13.3 Å². The smallest absolute Gasteiger partial charge is 0.113 e. The van der Waals surface area contributed by atoms with Crippen molar-refractivity contribution in [3.63, 3.8) is 0 Å². The average Bonchev–Trinajstić information content (AvgIpc) is 2.58. The molecule has 0 aliphatic carbocycles. The average molecular weight is 203 g/mol. The number of nitrogens with one attached hydrogen (secondary N) is 1. The second kappa shape index (κ2) is 3.32. The minimum Gasteiger partial charge on any atom is -0.314 e. The van der Waals surface area contributed by atoms with Gasteiger partial charge in [0.25, 0.3) is 0 Å². The van der Waals surface area contributed by atoms with Gasteiger partial charge >= 0.3 is 0 Å². The summed E-state index contributed by atoms with van der Waals surface area (Å²) in [7, 11) is 0. The maximum atomic E-state index is 5.81. The molecule has 0 aromatic carbocycles. The molecule has 12 heavy (non-hydrogen) atoms. The summed E-state index contributed by atoms with van der Waals surface area (Å²) in [5.41, 5.74) is 0. The number of hydrogen-bond acceptors (Lipinski definition) is 3. The van der Waals surface area contributed by atoms with Gasteiger partial charge in [0.05, 0.1) is 11.2 Å². The van der Waals surface area contributed by atoms with Crippen LogP contribution >= 0.6 is 22.9 Å². The first-order valence-electron chi connectivity index (χ1n) is 4.10. The molecule has 1 N–H and O–H groups in total. The van der Waals surface area contributed by atoms with Gasteiger partial charge in [-0.15, -0.1) is 11.3 Å². The lowest BCUT2D eigenvalue weighted by Gasteiger charge is -2.01. The highest BCUT2D eigenvalue weighted by atomic mass is 35.5. The molecule has 1 fully saturated rings. The molecule has 1 aromatic heterocycles. The number of aromatic nitrogens is 1. The summed E-state index contributed by atoms with van der Waals surface area (Å²) in [5, 5.41) is 4.58. The Morgan fingerprint density at radius 3 is 3.08 bits per heavy atom. The van der Waals surface area contributed by atoms with E-state index in [2.05, 4.69) is 17.2 Å². The van der Waals surface area contributed by atoms with Crippen molar-refractivity contribution in [2.75, 3.05) is 6.54 Å². The largest absolute Gasteiger partial charge is 0.314 e. The van der Waals surface area contributed by atoms with Crippen LogP contribution in [0.4, 0.5) is 0 Å². The van der Waals surface area contributed by atoms with Gasteiger partial charge in [0.15, 0.2) is 0 Å². The van der Waals surface area contributed by atoms with Crippen LogP contribution < -0.4 is 5.32 Å². The monoisotopic (exact) mass is 202 g/mol. The zero-order valence-corrected chi connectivity index (χ0v) is 8.45. The Hall–Kier alpha value is -0.120. The van der Waals surface area contributed by atoms with Gasteiger partial charge < -0.3 is 5.32 Å². The molecule has 1 aliphatic rings. The molecule has 66 valence electrons. The van der Waals surface area contributed by atoms with Crippen LogP contribution in [0.15, 0.2) is 6.20 Å². The standard InChI is InChI=1S/C8H11ClN2S/c1-5-2-6(3-10-5)8-11-4-7(9)12-8/h4-6,10H,2-3H2,1H3. The Bertz CT molecular complexity index is 274. The molecule has 0 saturated carbocycles. The van der Waals surface area contributed by atoms with E-state index >= 15 is 0 Å². The number of rotatable bonds is 1. The summed E-state index contributed by atoms with van der Waals surface area (Å²) in [6.45, 7) is 3.25. The molecule has 1 aromatic rings. The summed E-state index contributed by atoms with van der Waals surface area (Å²) in [4.78, 5) is 4.28. The van der Waals surface area contributed by atoms with Crippen LogP contribution in [0.25, 0.3) is 0 Å². The van der Waals surface area contributed by atoms with Crippen molar-refractivity contribution in [2.45, 2.75) is 25.3 Å². The molecule has 2 nitrogen and oxygen atoms in total. The van der Waals surface area contributed by atoms with Crippen molar-refractivity contribution in [2.24, 2.45) is 0 Å². The van der Waals surface area contributed by atoms with Gasteiger partial charge in [-0.3, -0.25) is 0 Å². The van der Waals surface area contributed by atoms with Crippen LogP contribution in [0.5, 0.6) is 0 Å². The summed E-state index contributed by atoms with van der Waals surface area (Å²) in [6.07, 6.45) is 2.92. The van der Waals surface area contributed by atoms with Gasteiger partial charge in [-0.1, -0.05) is 11.6 Å². The van der Waals surface area contributed by atoms with Crippen LogP contribution in [0.2, 0.25) is 4.34 Å². The zero-order chi connectivity index (χ0) is 8.55. The van der Waals surface area contributed by atoms with Crippen molar-refractivity contribution < 1.29 is 0 Å². The van der Waals surface area contributed by atoms with Crippen molar-refractivity contribution in [3.8, 4) is 0 Å². The molecular formula is C8H11ClN2S. The van der Waals surface area contributed by atoms with E-state index in [1.165, 1.54) is 11.4 Å². The lowest BCUT2D eigenvalue weighted by atomic mass is 10.1. The van der Waals surface area contributed by atoms with Crippen molar-refractivity contribution in [1.82, 2.24) is 10.3 Å². The van der Waals surface area contributed by atoms with E-state index in [1.807, 2.05) is 0 Å². The molecule has 1 aliphatic heterocycles. The first-order chi connectivity index (χ1) is 5.75. The second-order valence-corrected chi connectivity index (χ2v) is 4.94. The topological polar surface area (TPSA) is 24.9 Å². The minimum atomic E-state index is 0.581. The highest BCUT2D eigenvalue weighted by Gasteiger charge is 2.24. The third kappa shape index (κ3) is 1.63. The fourth-order valence-corrected chi connectivity index (χ4v) is 2.62. The van der Waals surface area contributed by atoms with Gasteiger partial charge in [-0.25, -0.2) is 4.98 Å². The first kappa shape index (κ1) is 8.48. The fourth-order valence-electron chi connectivity index (χ4n) is 1.58. The number of nitrogens with zero attached hydrogens (tertiary/aromatic N) is 1. The molecule has 0 radical (unpaired) electrons. The molecule has 2 heterocycles. The third-order valence-corrected chi connectivity index (χ3v) is 3.47. The summed E-state index contributed by atoms with van der Waals surface area (Å²) in [5.74, 6) is 0.581. The zero-order valence-electron chi connectivity index (χ0n) is 6.88. The normalized spacial score (nSPS) is 29.5. The molecule has 2 unspecified atom stereocenters. The Kier molecular flexibility index (Phi) is 2.35. The molecule has 4 heteroatoms. The maximum Gasteiger partial charge on any atom is 0.113 e. The molecule has 1 saturated heterocycles. The van der Waals surface area contributed by atoms with Gasteiger partial charge in [0.1, 0.15) is 4.34 Å². The minimum absolute atomic E-state index is 0.581. The Labute approximate surface area is 81.0 Å². The highest BCUT2D eigenvalue weighted by molar-refractivity contribution is 7.15. The van der Waals surface area contributed by atoms with E-state index in [1.54, 1.807) is 17.5 Å². The predicted octanol–water partition coefficient (Wildman–Crippen LogP) is 2.26. The number of hydrogen-bond donors (Lipinski definition) is 1. The van der Waals surface area contributed by atoms with E-state index in [-0.39, 0.29) is 0 Å². The van der Waals surface area contributed by atoms with Crippen LogP contribution in [0, 0.1) is 0 Å². The number of halogens is 1. The fraction of sp³-hybridized carbons (Fsp3) is 0.625. The van der Waals surface area contributed by atoms with E-state index in [4.69, 9.17) is 11.6 Å². The number of thiazole rings is 1. The molecule has 2 rings (SSSR count). The highest BCUT2D eigenvalue weighted by Crippen LogP contribution is 2.30. The lowest BCUT2D eigenvalue weighted by molar-refractivity contribution is 0.658. The van der Waals surface area contributed by atoms with Crippen LogP contribution in [0.3, 0.4) is 0 Å². The maximum absolute atomic E-state index is 5.81. The van der Waals surface area contributed by atoms with Gasteiger partial charge in [0, 0.05) is 18.5 Å². The van der Waals surface area contributed by atoms with Crippen molar-refractivity contribution in [1.29, 1.82) is 0 Å². The summed E-state index contributed by atoms with van der Waals surface area (Å²) in [6, 6.07) is 0.623. The Balaban J connectivity index is 2.11. The Morgan fingerprint density at radius 2 is 2.58 bits per heavy atom. The molecule has 0 bridgehead atoms. The van der Waals surface area contributed by atoms with Crippen LogP contribution in [-0.2, 0) is 0 Å². The van der Waals surface area contributed by atoms with Crippen molar-refractivity contribution in [3.05, 3.63) is 15.5 Å². The lowest BCUT2D eigenvalue weighted by Crippen LogP contribution is -2.16. The SMILES string of the molecule is CC1CC(c2ncc(Cl)s2)CN1. The van der Waals surface area contributed by atoms with Gasteiger partial charge in [-0.2, -0.15) is 0 Å². The van der Waals surface area contributed by atoms with E-state index in [9.17, 15) is 0 Å². The van der Waals surface area contributed by atoms with Gasteiger partial charge in [0.2, 0.25) is 0 Å². The molecule has 0 amide bonds. The first-order valence-corrected chi connectivity index (χ1v) is 5.30. The van der Waals surface area contributed by atoms with E-state index in [0.717, 1.165) is 10.9 Å². The predicted molar refractivity (Wildman–Crippen MR) is 51.9 cm³/mol. The quantitative estimate of drug-likeness (QED) is 0.756. The van der Waals surface area contributed by atoms with E-state index < -0.39 is 0 Å². The molecule has 0 spiro atoms. The van der Waals surface area contributed by atoms with Crippen LogP contribution in [0.1, 0.15) is 24.3 Å². The summed E-state index contributed by atoms with van der Waals surface area (Å²) >= 11 is 7.41. The third-order valence-electron chi connectivity index (χ3n) is 2.20. The van der Waals surface area contributed by atoms with Crippen molar-refractivity contribution >= 4 is 22.9 Å². The van der Waals surface area contributed by atoms with E-state index in [0.29, 0.717) is 12.0 Å². The second-order valence-electron chi connectivity index (χ2n) is 3.24.